The number of fused-ring (bicyclic) bond motifs is 3. The molecule has 0 amide bonds. The molecule has 264 valence electrons. The molecular weight excluding hydrogens is 695 g/mol. The van der Waals surface area contributed by atoms with Gasteiger partial charge in [0.2, 0.25) is 0 Å². The summed E-state index contributed by atoms with van der Waals surface area (Å²) in [7, 11) is -1.29. The summed E-state index contributed by atoms with van der Waals surface area (Å²) in [5.74, 6) is 0.249. The number of hydrogen-bond donors (Lipinski definition) is 4. The van der Waals surface area contributed by atoms with E-state index in [0.29, 0.717) is 50.2 Å². The molecule has 0 aliphatic heterocycles. The highest BCUT2D eigenvalue weighted by Crippen LogP contribution is 2.41. The first kappa shape index (κ1) is 34.8. The molecule has 0 saturated carbocycles. The van der Waals surface area contributed by atoms with Gasteiger partial charge in [0.1, 0.15) is 17.1 Å². The monoisotopic (exact) mass is 725 g/mol. The molecular formula is C39H31N7O6S. The minimum absolute atomic E-state index is 0.0698. The Labute approximate surface area is 303 Å². The maximum absolute atomic E-state index is 12.1. The topological polar surface area (TPSA) is 190 Å². The fourth-order valence-corrected chi connectivity index (χ4v) is 6.30. The van der Waals surface area contributed by atoms with Gasteiger partial charge in [-0.1, -0.05) is 42.5 Å². The molecule has 0 aliphatic rings. The number of benzene rings is 7. The molecule has 7 aromatic rings. The van der Waals surface area contributed by atoms with Crippen molar-refractivity contribution in [2.45, 2.75) is 11.5 Å². The van der Waals surface area contributed by atoms with Crippen molar-refractivity contribution in [2.24, 2.45) is 30.7 Å². The van der Waals surface area contributed by atoms with Crippen molar-refractivity contribution < 1.29 is 27.9 Å². The average Bonchev–Trinajstić information content (AvgIpc) is 3.18. The van der Waals surface area contributed by atoms with Crippen LogP contribution in [0, 0.1) is 0 Å². The molecule has 0 saturated heterocycles. The van der Waals surface area contributed by atoms with Crippen LogP contribution in [-0.2, 0) is 16.7 Å². The number of nitrogens with zero attached hydrogens (tertiary/aromatic N) is 6. The lowest BCUT2D eigenvalue weighted by molar-refractivity contribution is 0.282. The number of phenols is 1. The lowest BCUT2D eigenvalue weighted by Gasteiger charge is -2.09. The number of anilines is 1. The Balaban J connectivity index is 1.24. The number of aliphatic hydroxyl groups excluding tert-OH is 1. The van der Waals surface area contributed by atoms with Gasteiger partial charge >= 0.3 is 0 Å². The Kier molecular flexibility index (Phi) is 9.56. The van der Waals surface area contributed by atoms with E-state index in [1.807, 2.05) is 54.6 Å². The van der Waals surface area contributed by atoms with Gasteiger partial charge in [-0.2, -0.15) is 18.6 Å². The third kappa shape index (κ3) is 7.27. The van der Waals surface area contributed by atoms with Crippen molar-refractivity contribution in [3.05, 3.63) is 121 Å². The minimum Gasteiger partial charge on any atom is -0.505 e. The second-order valence-corrected chi connectivity index (χ2v) is 13.3. The van der Waals surface area contributed by atoms with E-state index >= 15 is 0 Å². The third-order valence-corrected chi connectivity index (χ3v) is 9.44. The van der Waals surface area contributed by atoms with Crippen LogP contribution in [0.25, 0.3) is 32.3 Å². The van der Waals surface area contributed by atoms with E-state index in [-0.39, 0.29) is 28.6 Å². The first-order valence-corrected chi connectivity index (χ1v) is 17.6. The van der Waals surface area contributed by atoms with Gasteiger partial charge in [-0.3, -0.25) is 4.55 Å². The maximum Gasteiger partial charge on any atom is 0.294 e. The molecule has 4 N–H and O–H groups in total. The fraction of sp³-hybridized carbons (Fsp3) is 0.0769. The summed E-state index contributed by atoms with van der Waals surface area (Å²) >= 11 is 0. The molecule has 0 spiro atoms. The summed E-state index contributed by atoms with van der Waals surface area (Å²) in [6.07, 6.45) is 0. The van der Waals surface area contributed by atoms with Gasteiger partial charge < -0.3 is 20.3 Å². The number of nitrogens with one attached hydrogen (secondary N) is 1. The SMILES string of the molecule is CNc1ccc2c(O)c(N=Nc3ccc(N=Nc4cc(CO)c(N=Nc5ccc6ccccc6c5)cc4OC)c4ccc(S(=O)(=O)O)cc34)ccc2c1. The van der Waals surface area contributed by atoms with Crippen LogP contribution in [0.2, 0.25) is 0 Å². The Morgan fingerprint density at radius 2 is 1.28 bits per heavy atom. The van der Waals surface area contributed by atoms with Gasteiger partial charge in [-0.05, 0) is 82.9 Å². The van der Waals surface area contributed by atoms with Crippen LogP contribution in [0.15, 0.2) is 151 Å². The Hall–Kier alpha value is -6.61. The lowest BCUT2D eigenvalue weighted by Crippen LogP contribution is -1.97. The number of ether oxygens (including phenoxy) is 1. The van der Waals surface area contributed by atoms with E-state index in [2.05, 4.69) is 36.0 Å². The second-order valence-electron chi connectivity index (χ2n) is 11.8. The van der Waals surface area contributed by atoms with Crippen LogP contribution in [-0.4, -0.2) is 37.3 Å². The summed E-state index contributed by atoms with van der Waals surface area (Å²) in [4.78, 5) is -0.355. The fourth-order valence-electron chi connectivity index (χ4n) is 5.80. The molecule has 0 fully saturated rings. The number of azo groups is 3. The molecule has 0 bridgehead atoms. The van der Waals surface area contributed by atoms with Gasteiger partial charge in [-0.25, -0.2) is 0 Å². The second kappa shape index (κ2) is 14.6. The summed E-state index contributed by atoms with van der Waals surface area (Å²) < 4.78 is 39.6. The molecule has 0 aromatic heterocycles. The molecule has 13 nitrogen and oxygen atoms in total. The predicted octanol–water partition coefficient (Wildman–Crippen LogP) is 10.9. The molecule has 7 rings (SSSR count). The number of aromatic hydroxyl groups is 1. The normalized spacial score (nSPS) is 12.2. The summed E-state index contributed by atoms with van der Waals surface area (Å²) in [6.45, 7) is -0.358. The highest BCUT2D eigenvalue weighted by atomic mass is 32.2. The molecule has 0 aliphatic carbocycles. The van der Waals surface area contributed by atoms with Gasteiger partial charge in [0, 0.05) is 40.5 Å². The smallest absolute Gasteiger partial charge is 0.294 e. The molecule has 0 heterocycles. The summed E-state index contributed by atoms with van der Waals surface area (Å²) in [6, 6.07) is 32.9. The molecule has 53 heavy (non-hydrogen) atoms. The number of hydrogen-bond acceptors (Lipinski definition) is 12. The van der Waals surface area contributed by atoms with Gasteiger partial charge in [0.05, 0.1) is 41.4 Å². The van der Waals surface area contributed by atoms with Crippen LogP contribution in [0.3, 0.4) is 0 Å². The van der Waals surface area contributed by atoms with Gasteiger partial charge in [0.15, 0.2) is 5.75 Å². The Bertz CT molecular complexity index is 2750. The molecule has 0 radical (unpaired) electrons. The highest BCUT2D eigenvalue weighted by Gasteiger charge is 2.16. The van der Waals surface area contributed by atoms with Crippen molar-refractivity contribution in [3.63, 3.8) is 0 Å². The number of rotatable bonds is 10. The largest absolute Gasteiger partial charge is 0.505 e. The van der Waals surface area contributed by atoms with Crippen LogP contribution >= 0.6 is 0 Å². The zero-order valence-electron chi connectivity index (χ0n) is 28.3. The van der Waals surface area contributed by atoms with Crippen molar-refractivity contribution >= 4 is 82.2 Å². The van der Waals surface area contributed by atoms with E-state index in [1.54, 1.807) is 49.5 Å². The molecule has 7 aromatic carbocycles. The van der Waals surface area contributed by atoms with E-state index in [4.69, 9.17) is 4.74 Å². The van der Waals surface area contributed by atoms with Crippen molar-refractivity contribution in [1.82, 2.24) is 0 Å². The third-order valence-electron chi connectivity index (χ3n) is 8.59. The van der Waals surface area contributed by atoms with Gasteiger partial charge in [-0.15, -0.1) is 20.5 Å². The van der Waals surface area contributed by atoms with E-state index in [1.165, 1.54) is 25.3 Å². The van der Waals surface area contributed by atoms with Crippen LogP contribution in [0.1, 0.15) is 5.56 Å². The quantitative estimate of drug-likeness (QED) is 0.0796. The van der Waals surface area contributed by atoms with E-state index in [9.17, 15) is 23.2 Å². The highest BCUT2D eigenvalue weighted by molar-refractivity contribution is 7.85. The Morgan fingerprint density at radius 1 is 0.623 bits per heavy atom. The van der Waals surface area contributed by atoms with E-state index < -0.39 is 10.1 Å². The zero-order valence-corrected chi connectivity index (χ0v) is 29.2. The minimum atomic E-state index is -4.56. The molecule has 14 heteroatoms. The van der Waals surface area contributed by atoms with Gasteiger partial charge in [0.25, 0.3) is 10.1 Å². The van der Waals surface area contributed by atoms with Crippen molar-refractivity contribution in [3.8, 4) is 11.5 Å². The zero-order chi connectivity index (χ0) is 37.1. The van der Waals surface area contributed by atoms with Crippen molar-refractivity contribution in [2.75, 3.05) is 19.5 Å². The summed E-state index contributed by atoms with van der Waals surface area (Å²) in [5.41, 5.74) is 3.41. The van der Waals surface area contributed by atoms with E-state index in [0.717, 1.165) is 21.8 Å². The lowest BCUT2D eigenvalue weighted by atomic mass is 10.1. The molecule has 0 unspecified atom stereocenters. The standard InChI is InChI=1S/C39H31N7O6S/c1-40-27-10-12-30-25(18-27)8-14-35(39(30)48)44-43-34-16-15-33(31-13-11-29(20-32(31)34)53(49,50)51)42-46-37-19-26(22-47)36(21-38(37)52-2)45-41-28-9-7-23-5-3-4-6-24(23)17-28/h3-21,40,47-48H,22H2,1-2H3,(H,49,50,51). The number of methoxy groups -OCH3 is 1. The summed E-state index contributed by atoms with van der Waals surface area (Å²) in [5, 5.41) is 54.6. The predicted molar refractivity (Wildman–Crippen MR) is 204 cm³/mol. The number of aliphatic hydroxyl groups is 1. The Morgan fingerprint density at radius 3 is 2.02 bits per heavy atom. The van der Waals surface area contributed by atoms with Crippen molar-refractivity contribution in [1.29, 1.82) is 0 Å². The first-order chi connectivity index (χ1) is 25.6. The number of phenolic OH excluding ortho intramolecular Hbond substituents is 1. The first-order valence-electron chi connectivity index (χ1n) is 16.2. The van der Waals surface area contributed by atoms with Crippen LogP contribution < -0.4 is 10.1 Å². The van der Waals surface area contributed by atoms with Crippen LogP contribution in [0.5, 0.6) is 11.5 Å². The molecule has 0 atom stereocenters. The average molecular weight is 726 g/mol. The van der Waals surface area contributed by atoms with Crippen LogP contribution in [0.4, 0.5) is 39.8 Å². The maximum atomic E-state index is 12.1.